The van der Waals surface area contributed by atoms with E-state index in [0.29, 0.717) is 32.7 Å². The minimum Gasteiger partial charge on any atom is -0.296 e. The molecule has 1 amide bonds. The molecule has 23 heavy (non-hydrogen) atoms. The van der Waals surface area contributed by atoms with E-state index in [1.807, 2.05) is 18.2 Å². The number of hydrazine groups is 1. The predicted octanol–water partition coefficient (Wildman–Crippen LogP) is 4.59. The molecule has 0 saturated heterocycles. The Bertz CT molecular complexity index is 731. The van der Waals surface area contributed by atoms with Crippen LogP contribution in [0.1, 0.15) is 17.5 Å². The molecule has 7 heteroatoms. The number of nitrogens with zero attached hydrogens (tertiary/aromatic N) is 1. The highest BCUT2D eigenvalue weighted by Crippen LogP contribution is 2.33. The average molecular weight is 369 g/mol. The number of halogens is 3. The third kappa shape index (κ3) is 5.04. The maximum absolute atomic E-state index is 11.9. The molecular weight excluding hydrogens is 357 g/mol. The lowest BCUT2D eigenvalue weighted by Gasteiger charge is -2.12. The van der Waals surface area contributed by atoms with E-state index in [-0.39, 0.29) is 12.3 Å². The molecule has 2 rings (SSSR count). The fourth-order valence-electron chi connectivity index (χ4n) is 1.86. The van der Waals surface area contributed by atoms with Crippen LogP contribution < -0.4 is 10.9 Å². The van der Waals surface area contributed by atoms with E-state index in [1.165, 1.54) is 12.1 Å². The summed E-state index contributed by atoms with van der Waals surface area (Å²) in [5, 5.41) is 9.78. The molecule has 2 aromatic carbocycles. The number of rotatable bonds is 5. The molecule has 0 aliphatic heterocycles. The zero-order chi connectivity index (χ0) is 16.8. The molecule has 0 atom stereocenters. The molecule has 2 aromatic rings. The van der Waals surface area contributed by atoms with Crippen molar-refractivity contribution < 1.29 is 4.79 Å². The Morgan fingerprint density at radius 3 is 2.26 bits per heavy atom. The Labute approximate surface area is 148 Å². The number of carbonyl (C=O) groups excluding carboxylic acids is 1. The summed E-state index contributed by atoms with van der Waals surface area (Å²) in [5.41, 5.74) is 7.19. The van der Waals surface area contributed by atoms with Crippen molar-refractivity contribution in [1.82, 2.24) is 5.43 Å². The van der Waals surface area contributed by atoms with Gasteiger partial charge in [-0.05, 0) is 36.2 Å². The van der Waals surface area contributed by atoms with Gasteiger partial charge in [-0.1, -0.05) is 46.9 Å². The molecule has 4 nitrogen and oxygen atoms in total. The van der Waals surface area contributed by atoms with Crippen LogP contribution >= 0.6 is 34.8 Å². The minimum absolute atomic E-state index is 0.212. The molecule has 0 bridgehead atoms. The summed E-state index contributed by atoms with van der Waals surface area (Å²) in [6.45, 7) is 0. The van der Waals surface area contributed by atoms with E-state index < -0.39 is 0 Å². The minimum atomic E-state index is -0.212. The number of amides is 1. The first-order chi connectivity index (χ1) is 11.0. The largest absolute Gasteiger partial charge is 0.296 e. The highest BCUT2D eigenvalue weighted by Gasteiger charge is 2.09. The summed E-state index contributed by atoms with van der Waals surface area (Å²) in [6.07, 6.45) is 0.836. The predicted molar refractivity (Wildman–Crippen MR) is 92.7 cm³/mol. The van der Waals surface area contributed by atoms with Crippen molar-refractivity contribution in [3.63, 3.8) is 0 Å². The van der Waals surface area contributed by atoms with Gasteiger partial charge in [0.15, 0.2) is 0 Å². The van der Waals surface area contributed by atoms with Gasteiger partial charge in [0.05, 0.1) is 27.4 Å². The van der Waals surface area contributed by atoms with Crippen LogP contribution in [0, 0.1) is 11.3 Å². The lowest BCUT2D eigenvalue weighted by Crippen LogP contribution is -2.29. The monoisotopic (exact) mass is 367 g/mol. The normalized spacial score (nSPS) is 10.0. The summed E-state index contributed by atoms with van der Waals surface area (Å²) in [6, 6.07) is 12.2. The Morgan fingerprint density at radius 1 is 1.09 bits per heavy atom. The Balaban J connectivity index is 1.87. The summed E-state index contributed by atoms with van der Waals surface area (Å²) in [5.74, 6) is -0.212. The average Bonchev–Trinajstić information content (AvgIpc) is 2.52. The third-order valence-electron chi connectivity index (χ3n) is 3.06. The van der Waals surface area contributed by atoms with Crippen LogP contribution in [-0.2, 0) is 11.2 Å². The maximum atomic E-state index is 11.9. The standard InChI is InChI=1S/C16H12Cl3N3O/c17-12-7-13(18)16(14(19)8-12)22-21-15(23)6-5-10-1-3-11(9-20)4-2-10/h1-4,7-8,22H,5-6H2,(H,21,23). The van der Waals surface area contributed by atoms with Crippen molar-refractivity contribution in [3.05, 3.63) is 62.6 Å². The van der Waals surface area contributed by atoms with Crippen molar-refractivity contribution in [2.24, 2.45) is 0 Å². The number of nitrogens with one attached hydrogen (secondary N) is 2. The molecule has 0 fully saturated rings. The van der Waals surface area contributed by atoms with Crippen LogP contribution in [-0.4, -0.2) is 5.91 Å². The Kier molecular flexibility index (Phi) is 6.12. The first kappa shape index (κ1) is 17.4. The molecular formula is C16H12Cl3N3O. The molecule has 2 N–H and O–H groups in total. The van der Waals surface area contributed by atoms with Gasteiger partial charge in [0.2, 0.25) is 5.91 Å². The Hall–Kier alpha value is -1.93. The van der Waals surface area contributed by atoms with E-state index in [9.17, 15) is 4.79 Å². The van der Waals surface area contributed by atoms with Crippen LogP contribution in [0.25, 0.3) is 0 Å². The number of anilines is 1. The first-order valence-electron chi connectivity index (χ1n) is 6.68. The molecule has 0 unspecified atom stereocenters. The number of aryl methyl sites for hydroxylation is 1. The van der Waals surface area contributed by atoms with Crippen molar-refractivity contribution in [2.75, 3.05) is 5.43 Å². The second-order valence-corrected chi connectivity index (χ2v) is 5.98. The van der Waals surface area contributed by atoms with Crippen LogP contribution in [0.15, 0.2) is 36.4 Å². The van der Waals surface area contributed by atoms with Crippen molar-refractivity contribution in [1.29, 1.82) is 5.26 Å². The van der Waals surface area contributed by atoms with E-state index in [0.717, 1.165) is 5.56 Å². The second kappa shape index (κ2) is 8.07. The fourth-order valence-corrected chi connectivity index (χ4v) is 2.77. The van der Waals surface area contributed by atoms with Gasteiger partial charge in [-0.25, -0.2) is 0 Å². The third-order valence-corrected chi connectivity index (χ3v) is 3.87. The quantitative estimate of drug-likeness (QED) is 0.758. The zero-order valence-electron chi connectivity index (χ0n) is 11.9. The lowest BCUT2D eigenvalue weighted by atomic mass is 10.1. The number of hydrogen-bond donors (Lipinski definition) is 2. The number of carbonyl (C=O) groups is 1. The van der Waals surface area contributed by atoms with Gasteiger partial charge in [0.25, 0.3) is 0 Å². The number of nitriles is 1. The number of benzene rings is 2. The van der Waals surface area contributed by atoms with Crippen molar-refractivity contribution in [3.8, 4) is 6.07 Å². The van der Waals surface area contributed by atoms with Crippen LogP contribution in [0.5, 0.6) is 0 Å². The lowest BCUT2D eigenvalue weighted by molar-refractivity contribution is -0.120. The van der Waals surface area contributed by atoms with Gasteiger partial charge in [-0.3, -0.25) is 15.6 Å². The van der Waals surface area contributed by atoms with Crippen molar-refractivity contribution >= 4 is 46.4 Å². The Morgan fingerprint density at radius 2 is 1.70 bits per heavy atom. The van der Waals surface area contributed by atoms with Gasteiger partial charge in [0, 0.05) is 11.4 Å². The molecule has 118 valence electrons. The fraction of sp³-hybridized carbons (Fsp3) is 0.125. The van der Waals surface area contributed by atoms with Gasteiger partial charge < -0.3 is 0 Å². The summed E-state index contributed by atoms with van der Waals surface area (Å²) >= 11 is 17.8. The van der Waals surface area contributed by atoms with Crippen LogP contribution in [0.4, 0.5) is 5.69 Å². The van der Waals surface area contributed by atoms with E-state index in [4.69, 9.17) is 40.1 Å². The maximum Gasteiger partial charge on any atom is 0.238 e. The van der Waals surface area contributed by atoms with E-state index in [1.54, 1.807) is 12.1 Å². The molecule has 0 spiro atoms. The van der Waals surface area contributed by atoms with Crippen molar-refractivity contribution in [2.45, 2.75) is 12.8 Å². The summed E-state index contributed by atoms with van der Waals surface area (Å²) in [7, 11) is 0. The van der Waals surface area contributed by atoms with Crippen LogP contribution in [0.2, 0.25) is 15.1 Å². The van der Waals surface area contributed by atoms with E-state index in [2.05, 4.69) is 10.9 Å². The van der Waals surface area contributed by atoms with Crippen LogP contribution in [0.3, 0.4) is 0 Å². The zero-order valence-corrected chi connectivity index (χ0v) is 14.1. The van der Waals surface area contributed by atoms with Gasteiger partial charge in [-0.15, -0.1) is 0 Å². The first-order valence-corrected chi connectivity index (χ1v) is 7.81. The highest BCUT2D eigenvalue weighted by atomic mass is 35.5. The summed E-state index contributed by atoms with van der Waals surface area (Å²) < 4.78 is 0. The highest BCUT2D eigenvalue weighted by molar-refractivity contribution is 6.41. The van der Waals surface area contributed by atoms with Gasteiger partial charge in [0.1, 0.15) is 0 Å². The number of hydrogen-bond acceptors (Lipinski definition) is 3. The van der Waals surface area contributed by atoms with E-state index >= 15 is 0 Å². The van der Waals surface area contributed by atoms with Gasteiger partial charge in [-0.2, -0.15) is 5.26 Å². The molecule has 0 heterocycles. The molecule has 0 saturated carbocycles. The topological polar surface area (TPSA) is 64.9 Å². The van der Waals surface area contributed by atoms with Gasteiger partial charge >= 0.3 is 0 Å². The molecule has 0 aromatic heterocycles. The smallest absolute Gasteiger partial charge is 0.238 e. The summed E-state index contributed by atoms with van der Waals surface area (Å²) in [4.78, 5) is 11.9. The SMILES string of the molecule is N#Cc1ccc(CCC(=O)NNc2c(Cl)cc(Cl)cc2Cl)cc1. The molecule has 0 aliphatic carbocycles. The molecule has 0 radical (unpaired) electrons. The molecule has 0 aliphatic rings. The second-order valence-electron chi connectivity index (χ2n) is 4.73.